The highest BCUT2D eigenvalue weighted by atomic mass is 19.1. The van der Waals surface area contributed by atoms with Gasteiger partial charge in [0, 0.05) is 51.9 Å². The number of urea groups is 1. The first-order valence-corrected chi connectivity index (χ1v) is 11.2. The van der Waals surface area contributed by atoms with E-state index in [2.05, 4.69) is 25.2 Å². The van der Waals surface area contributed by atoms with E-state index in [9.17, 15) is 23.1 Å². The molecule has 2 aliphatic heterocycles. The molecule has 0 spiro atoms. The standard InChI is InChI=1S/C22H22F3N9O2/c1-31-20(28-18(12-35)30-31)19-16(25)11-26-21(29-19)32-4-6-33(7-5-32)22(36)34-17(2-3-27-34)13-8-14(23)10-15(24)9-13/h3,8-11,17,35H,2,4-7,12H2,1H3. The second-order valence-corrected chi connectivity index (χ2v) is 8.35. The van der Waals surface area contributed by atoms with Crippen molar-refractivity contribution in [2.24, 2.45) is 12.1 Å². The van der Waals surface area contributed by atoms with E-state index in [0.29, 0.717) is 38.2 Å². The van der Waals surface area contributed by atoms with Crippen molar-refractivity contribution in [2.75, 3.05) is 31.1 Å². The summed E-state index contributed by atoms with van der Waals surface area (Å²) in [5.41, 5.74) is 0.280. The summed E-state index contributed by atoms with van der Waals surface area (Å²) in [6.45, 7) is 0.968. The van der Waals surface area contributed by atoms with Gasteiger partial charge in [-0.15, -0.1) is 0 Å². The summed E-state index contributed by atoms with van der Waals surface area (Å²) in [5, 5.41) is 18.6. The van der Waals surface area contributed by atoms with Crippen molar-refractivity contribution < 1.29 is 23.1 Å². The number of hydrazone groups is 1. The van der Waals surface area contributed by atoms with Gasteiger partial charge in [0.1, 0.15) is 23.9 Å². The van der Waals surface area contributed by atoms with Crippen LogP contribution in [0.5, 0.6) is 0 Å². The van der Waals surface area contributed by atoms with Crippen LogP contribution < -0.4 is 4.90 Å². The number of halogens is 3. The maximum absolute atomic E-state index is 14.5. The summed E-state index contributed by atoms with van der Waals surface area (Å²) >= 11 is 0. The molecular weight excluding hydrogens is 479 g/mol. The monoisotopic (exact) mass is 501 g/mol. The molecule has 2 aromatic heterocycles. The fraction of sp³-hybridized carbons (Fsp3) is 0.364. The largest absolute Gasteiger partial charge is 0.388 e. The molecule has 0 bridgehead atoms. The van der Waals surface area contributed by atoms with Gasteiger partial charge >= 0.3 is 6.03 Å². The number of hydrogen-bond acceptors (Lipinski definition) is 8. The van der Waals surface area contributed by atoms with E-state index in [1.165, 1.54) is 21.8 Å². The minimum Gasteiger partial charge on any atom is -0.388 e. The minimum atomic E-state index is -0.717. The second-order valence-electron chi connectivity index (χ2n) is 8.35. The first kappa shape index (κ1) is 23.7. The zero-order valence-electron chi connectivity index (χ0n) is 19.2. The Morgan fingerprint density at radius 2 is 1.81 bits per heavy atom. The average molecular weight is 501 g/mol. The Kier molecular flexibility index (Phi) is 6.26. The van der Waals surface area contributed by atoms with Crippen molar-refractivity contribution in [1.82, 2.24) is 34.6 Å². The number of hydrogen-bond donors (Lipinski definition) is 1. The van der Waals surface area contributed by atoms with E-state index < -0.39 is 23.5 Å². The molecule has 1 saturated heterocycles. The molecule has 1 fully saturated rings. The fourth-order valence-corrected chi connectivity index (χ4v) is 4.26. The molecule has 14 heteroatoms. The Hall–Kier alpha value is -4.07. The van der Waals surface area contributed by atoms with Gasteiger partial charge in [-0.3, -0.25) is 0 Å². The molecule has 0 aliphatic carbocycles. The van der Waals surface area contributed by atoms with Gasteiger partial charge in [-0.2, -0.15) is 10.2 Å². The average Bonchev–Trinajstić information content (AvgIpc) is 3.50. The summed E-state index contributed by atoms with van der Waals surface area (Å²) in [7, 11) is 1.57. The van der Waals surface area contributed by atoms with Gasteiger partial charge < -0.3 is 14.9 Å². The Bertz CT molecular complexity index is 1300. The van der Waals surface area contributed by atoms with Crippen molar-refractivity contribution in [2.45, 2.75) is 19.1 Å². The lowest BCUT2D eigenvalue weighted by Gasteiger charge is -2.37. The number of rotatable bonds is 4. The number of aromatic nitrogens is 5. The molecule has 188 valence electrons. The van der Waals surface area contributed by atoms with Crippen LogP contribution in [-0.4, -0.2) is 78.2 Å². The van der Waals surface area contributed by atoms with Crippen molar-refractivity contribution >= 4 is 18.2 Å². The summed E-state index contributed by atoms with van der Waals surface area (Å²) in [6.07, 6.45) is 2.94. The third-order valence-corrected chi connectivity index (χ3v) is 6.02. The molecule has 36 heavy (non-hydrogen) atoms. The molecule has 1 atom stereocenters. The van der Waals surface area contributed by atoms with Crippen molar-refractivity contribution in [3.63, 3.8) is 0 Å². The van der Waals surface area contributed by atoms with Crippen LogP contribution in [0, 0.1) is 17.5 Å². The quantitative estimate of drug-likeness (QED) is 0.580. The Morgan fingerprint density at radius 1 is 1.08 bits per heavy atom. The molecule has 4 heterocycles. The lowest BCUT2D eigenvalue weighted by Crippen LogP contribution is -2.52. The lowest BCUT2D eigenvalue weighted by atomic mass is 10.0. The molecule has 1 N–H and O–H groups in total. The number of aryl methyl sites for hydroxylation is 1. The zero-order valence-corrected chi connectivity index (χ0v) is 19.2. The normalized spacial score (nSPS) is 17.8. The van der Waals surface area contributed by atoms with E-state index in [4.69, 9.17) is 0 Å². The molecule has 0 radical (unpaired) electrons. The summed E-state index contributed by atoms with van der Waals surface area (Å²) < 4.78 is 43.2. The number of benzene rings is 1. The first-order valence-electron chi connectivity index (χ1n) is 11.2. The predicted octanol–water partition coefficient (Wildman–Crippen LogP) is 1.86. The predicted molar refractivity (Wildman–Crippen MR) is 121 cm³/mol. The SMILES string of the molecule is Cn1nc(CO)nc1-c1nc(N2CCN(C(=O)N3N=CCC3c3cc(F)cc(F)c3)CC2)ncc1F. The maximum Gasteiger partial charge on any atom is 0.341 e. The molecule has 1 unspecified atom stereocenters. The van der Waals surface area contributed by atoms with E-state index in [-0.39, 0.29) is 35.9 Å². The molecule has 3 aromatic rings. The van der Waals surface area contributed by atoms with Crippen LogP contribution in [0.25, 0.3) is 11.5 Å². The summed E-state index contributed by atoms with van der Waals surface area (Å²) in [5.74, 6) is -1.56. The van der Waals surface area contributed by atoms with Crippen LogP contribution in [0.15, 0.2) is 29.5 Å². The third kappa shape index (κ3) is 4.46. The lowest BCUT2D eigenvalue weighted by molar-refractivity contribution is 0.139. The van der Waals surface area contributed by atoms with E-state index in [1.807, 2.05) is 4.90 Å². The van der Waals surface area contributed by atoms with E-state index >= 15 is 0 Å². The molecule has 2 amide bonds. The third-order valence-electron chi connectivity index (χ3n) is 6.02. The van der Waals surface area contributed by atoms with Gasteiger partial charge in [-0.25, -0.2) is 42.6 Å². The summed E-state index contributed by atoms with van der Waals surface area (Å²) in [4.78, 5) is 29.1. The van der Waals surface area contributed by atoms with Gasteiger partial charge in [0.2, 0.25) is 5.95 Å². The highest BCUT2D eigenvalue weighted by Gasteiger charge is 2.34. The van der Waals surface area contributed by atoms with E-state index in [1.54, 1.807) is 18.2 Å². The number of aliphatic hydroxyl groups is 1. The zero-order chi connectivity index (χ0) is 25.4. The van der Waals surface area contributed by atoms with E-state index in [0.717, 1.165) is 12.3 Å². The fourth-order valence-electron chi connectivity index (χ4n) is 4.26. The molecule has 5 rings (SSSR count). The highest BCUT2D eigenvalue weighted by molar-refractivity contribution is 5.78. The Morgan fingerprint density at radius 3 is 2.47 bits per heavy atom. The number of carbonyl (C=O) groups is 1. The van der Waals surface area contributed by atoms with Gasteiger partial charge in [0.05, 0.1) is 12.2 Å². The van der Waals surface area contributed by atoms with Crippen LogP contribution >= 0.6 is 0 Å². The van der Waals surface area contributed by atoms with Crippen LogP contribution in [0.1, 0.15) is 23.9 Å². The Labute approximate surface area is 203 Å². The van der Waals surface area contributed by atoms with Crippen LogP contribution in [0.2, 0.25) is 0 Å². The molecular formula is C22H22F3N9O2. The molecule has 0 saturated carbocycles. The molecule has 1 aromatic carbocycles. The second kappa shape index (κ2) is 9.53. The smallest absolute Gasteiger partial charge is 0.341 e. The van der Waals surface area contributed by atoms with Gasteiger partial charge in [0.15, 0.2) is 17.5 Å². The number of amides is 2. The number of nitrogens with zero attached hydrogens (tertiary/aromatic N) is 9. The Balaban J connectivity index is 1.28. The summed E-state index contributed by atoms with van der Waals surface area (Å²) in [6, 6.07) is 2.20. The number of carbonyl (C=O) groups excluding carboxylic acids is 1. The van der Waals surface area contributed by atoms with Crippen molar-refractivity contribution in [1.29, 1.82) is 0 Å². The minimum absolute atomic E-state index is 0.0511. The van der Waals surface area contributed by atoms with Crippen LogP contribution in [-0.2, 0) is 13.7 Å². The topological polar surface area (TPSA) is 116 Å². The van der Waals surface area contributed by atoms with Gasteiger partial charge in [-0.05, 0) is 17.7 Å². The van der Waals surface area contributed by atoms with Crippen molar-refractivity contribution in [3.05, 3.63) is 53.2 Å². The number of aliphatic hydroxyl groups excluding tert-OH is 1. The highest BCUT2D eigenvalue weighted by Crippen LogP contribution is 2.30. The first-order chi connectivity index (χ1) is 17.3. The number of anilines is 1. The molecule has 2 aliphatic rings. The number of piperazine rings is 1. The maximum atomic E-state index is 14.5. The van der Waals surface area contributed by atoms with Crippen molar-refractivity contribution in [3.8, 4) is 11.5 Å². The van der Waals surface area contributed by atoms with Gasteiger partial charge in [0.25, 0.3) is 0 Å². The van der Waals surface area contributed by atoms with Gasteiger partial charge in [-0.1, -0.05) is 0 Å². The van der Waals surface area contributed by atoms with Crippen LogP contribution in [0.3, 0.4) is 0 Å². The molecule has 11 nitrogen and oxygen atoms in total. The van der Waals surface area contributed by atoms with Crippen LogP contribution in [0.4, 0.5) is 23.9 Å².